The number of esters is 1. The molecule has 1 N–H and O–H groups in total. The van der Waals surface area contributed by atoms with Gasteiger partial charge in [0, 0.05) is 7.05 Å². The fourth-order valence-corrected chi connectivity index (χ4v) is 2.85. The van der Waals surface area contributed by atoms with E-state index in [0.717, 1.165) is 5.56 Å². The summed E-state index contributed by atoms with van der Waals surface area (Å²) in [6, 6.07) is 8.07. The number of nitrogens with zero attached hydrogens (tertiary/aromatic N) is 1. The van der Waals surface area contributed by atoms with Crippen molar-refractivity contribution < 1.29 is 14.3 Å². The smallest absolute Gasteiger partial charge is 0.338 e. The number of alkyl halides is 2. The topological polar surface area (TPSA) is 58.6 Å². The van der Waals surface area contributed by atoms with Gasteiger partial charge in [0.25, 0.3) is 0 Å². The van der Waals surface area contributed by atoms with E-state index < -0.39 is 16.8 Å². The van der Waals surface area contributed by atoms with Gasteiger partial charge >= 0.3 is 12.0 Å². The molecule has 0 bridgehead atoms. The highest BCUT2D eigenvalue weighted by atomic mass is 35.5. The molecule has 2 rings (SSSR count). The lowest BCUT2D eigenvalue weighted by Crippen LogP contribution is -2.48. The van der Waals surface area contributed by atoms with E-state index >= 15 is 0 Å². The predicted octanol–water partition coefficient (Wildman–Crippen LogP) is 3.00. The zero-order chi connectivity index (χ0) is 16.3. The van der Waals surface area contributed by atoms with Crippen molar-refractivity contribution in [3.05, 3.63) is 47.2 Å². The Kier molecular flexibility index (Phi) is 5.32. The number of urea groups is 1. The van der Waals surface area contributed by atoms with Crippen molar-refractivity contribution in [3.63, 3.8) is 0 Å². The molecule has 1 aliphatic rings. The molecular weight excluding hydrogens is 327 g/mol. The third-order valence-electron chi connectivity index (χ3n) is 3.33. The summed E-state index contributed by atoms with van der Waals surface area (Å²) in [6.07, 6.45) is 0. The zero-order valence-corrected chi connectivity index (χ0v) is 13.7. The average Bonchev–Trinajstić information content (AvgIpc) is 2.50. The second kappa shape index (κ2) is 7.03. The molecule has 0 fully saturated rings. The summed E-state index contributed by atoms with van der Waals surface area (Å²) in [6.45, 7) is 1.92. The van der Waals surface area contributed by atoms with E-state index in [1.54, 1.807) is 6.92 Å². The van der Waals surface area contributed by atoms with E-state index in [9.17, 15) is 9.59 Å². The second-order valence-corrected chi connectivity index (χ2v) is 5.77. The number of rotatable bonds is 4. The van der Waals surface area contributed by atoms with E-state index in [2.05, 4.69) is 5.32 Å². The lowest BCUT2D eigenvalue weighted by atomic mass is 9.95. The van der Waals surface area contributed by atoms with Crippen LogP contribution in [0.5, 0.6) is 0 Å². The number of benzene rings is 1. The maximum absolute atomic E-state index is 12.4. The number of carbonyl (C=O) groups is 2. The van der Waals surface area contributed by atoms with Crippen LogP contribution in [-0.2, 0) is 9.53 Å². The molecular formula is C15H16Cl2N2O3. The van der Waals surface area contributed by atoms with E-state index in [0.29, 0.717) is 0 Å². The molecule has 0 aliphatic carbocycles. The summed E-state index contributed by atoms with van der Waals surface area (Å²) in [5.41, 5.74) is 1.23. The monoisotopic (exact) mass is 342 g/mol. The highest BCUT2D eigenvalue weighted by Gasteiger charge is 2.38. The second-order valence-electron chi connectivity index (χ2n) is 4.67. The predicted molar refractivity (Wildman–Crippen MR) is 84.6 cm³/mol. The van der Waals surface area contributed by atoms with Crippen LogP contribution >= 0.6 is 23.2 Å². The largest absolute Gasteiger partial charge is 0.463 e. The van der Waals surface area contributed by atoms with Crippen LogP contribution in [0, 0.1) is 0 Å². The van der Waals surface area contributed by atoms with Crippen molar-refractivity contribution in [2.24, 2.45) is 0 Å². The van der Waals surface area contributed by atoms with Gasteiger partial charge in [-0.15, -0.1) is 0 Å². The van der Waals surface area contributed by atoms with Gasteiger partial charge in [-0.3, -0.25) is 4.90 Å². The van der Waals surface area contributed by atoms with Gasteiger partial charge in [0.2, 0.25) is 0 Å². The van der Waals surface area contributed by atoms with Crippen LogP contribution in [0.4, 0.5) is 4.79 Å². The molecule has 2 amide bonds. The summed E-state index contributed by atoms with van der Waals surface area (Å²) in [4.78, 5) is 24.7. The summed E-state index contributed by atoms with van der Waals surface area (Å²) in [5.74, 6) is -0.551. The molecule has 1 heterocycles. The molecule has 118 valence electrons. The maximum atomic E-state index is 12.4. The van der Waals surface area contributed by atoms with Crippen LogP contribution in [0.2, 0.25) is 0 Å². The molecule has 1 aliphatic heterocycles. The highest BCUT2D eigenvalue weighted by molar-refractivity contribution is 6.46. The molecule has 0 radical (unpaired) electrons. The Morgan fingerprint density at radius 3 is 2.55 bits per heavy atom. The molecule has 1 unspecified atom stereocenters. The van der Waals surface area contributed by atoms with E-state index in [1.807, 2.05) is 30.3 Å². The Morgan fingerprint density at radius 2 is 2.00 bits per heavy atom. The molecule has 0 spiro atoms. The summed E-state index contributed by atoms with van der Waals surface area (Å²) >= 11 is 12.0. The van der Waals surface area contributed by atoms with E-state index in [-0.39, 0.29) is 23.9 Å². The lowest BCUT2D eigenvalue weighted by molar-refractivity contribution is -0.139. The number of hydrogen-bond acceptors (Lipinski definition) is 3. The molecule has 1 atom stereocenters. The number of amides is 2. The minimum atomic E-state index is -1.03. The van der Waals surface area contributed by atoms with Crippen molar-refractivity contribution in [2.45, 2.75) is 17.8 Å². The van der Waals surface area contributed by atoms with Crippen LogP contribution < -0.4 is 5.32 Å². The van der Waals surface area contributed by atoms with Gasteiger partial charge in [0.15, 0.2) is 0 Å². The van der Waals surface area contributed by atoms with Crippen LogP contribution in [0.15, 0.2) is 41.6 Å². The standard InChI is InChI=1S/C15H16Cl2N2O3/c1-3-22-14(20)10-11(9-7-5-4-6-8-9)18-15(21)19(2)12(10)13(16)17/h4-8,11,13H,3H2,1-2H3,(H,18,21). The number of nitrogens with one attached hydrogen (secondary N) is 1. The van der Waals surface area contributed by atoms with Gasteiger partial charge in [-0.25, -0.2) is 9.59 Å². The molecule has 0 aromatic heterocycles. The molecule has 0 saturated heterocycles. The Hall–Kier alpha value is -1.72. The number of allylic oxidation sites excluding steroid dienone is 1. The first kappa shape index (κ1) is 16.6. The van der Waals surface area contributed by atoms with Crippen LogP contribution in [0.1, 0.15) is 18.5 Å². The average molecular weight is 343 g/mol. The summed E-state index contributed by atoms with van der Waals surface area (Å²) < 4.78 is 5.11. The van der Waals surface area contributed by atoms with Gasteiger partial charge in [0.05, 0.1) is 23.9 Å². The van der Waals surface area contributed by atoms with Gasteiger partial charge in [-0.05, 0) is 12.5 Å². The Bertz CT molecular complexity index is 602. The first-order chi connectivity index (χ1) is 10.5. The third-order valence-corrected chi connectivity index (χ3v) is 3.75. The van der Waals surface area contributed by atoms with Crippen molar-refractivity contribution >= 4 is 35.2 Å². The van der Waals surface area contributed by atoms with Crippen LogP contribution in [0.25, 0.3) is 0 Å². The molecule has 5 nitrogen and oxygen atoms in total. The minimum Gasteiger partial charge on any atom is -0.463 e. The third kappa shape index (κ3) is 3.20. The first-order valence-corrected chi connectivity index (χ1v) is 7.63. The van der Waals surface area contributed by atoms with Crippen LogP contribution in [-0.4, -0.2) is 35.4 Å². The van der Waals surface area contributed by atoms with Crippen molar-refractivity contribution in [1.29, 1.82) is 0 Å². The fraction of sp³-hybridized carbons (Fsp3) is 0.333. The van der Waals surface area contributed by atoms with E-state index in [4.69, 9.17) is 27.9 Å². The van der Waals surface area contributed by atoms with Crippen molar-refractivity contribution in [1.82, 2.24) is 10.2 Å². The van der Waals surface area contributed by atoms with Crippen molar-refractivity contribution in [2.75, 3.05) is 13.7 Å². The quantitative estimate of drug-likeness (QED) is 0.675. The molecule has 1 aromatic rings. The van der Waals surface area contributed by atoms with Gasteiger partial charge in [-0.1, -0.05) is 53.5 Å². The van der Waals surface area contributed by atoms with Crippen molar-refractivity contribution in [3.8, 4) is 0 Å². The molecule has 22 heavy (non-hydrogen) atoms. The van der Waals surface area contributed by atoms with Gasteiger partial charge < -0.3 is 10.1 Å². The van der Waals surface area contributed by atoms with Crippen LogP contribution in [0.3, 0.4) is 0 Å². The normalized spacial score (nSPS) is 18.5. The lowest BCUT2D eigenvalue weighted by Gasteiger charge is -2.35. The Balaban J connectivity index is 2.59. The van der Waals surface area contributed by atoms with E-state index in [1.165, 1.54) is 11.9 Å². The Labute approximate surface area is 138 Å². The summed E-state index contributed by atoms with van der Waals surface area (Å²) in [7, 11) is 1.50. The molecule has 7 heteroatoms. The fourth-order valence-electron chi connectivity index (χ4n) is 2.32. The number of ether oxygens (including phenoxy) is 1. The number of halogens is 2. The molecule has 0 saturated carbocycles. The number of carbonyl (C=O) groups excluding carboxylic acids is 2. The number of hydrogen-bond donors (Lipinski definition) is 1. The summed E-state index contributed by atoms with van der Waals surface area (Å²) in [5, 5.41) is 2.77. The highest BCUT2D eigenvalue weighted by Crippen LogP contribution is 2.34. The van der Waals surface area contributed by atoms with Gasteiger partial charge in [-0.2, -0.15) is 0 Å². The zero-order valence-electron chi connectivity index (χ0n) is 12.2. The SMILES string of the molecule is CCOC(=O)C1=C(C(Cl)Cl)N(C)C(=O)NC1c1ccccc1. The minimum absolute atomic E-state index is 0.212. The maximum Gasteiger partial charge on any atom is 0.338 e. The Morgan fingerprint density at radius 1 is 1.36 bits per heavy atom. The molecule has 1 aromatic carbocycles. The van der Waals surface area contributed by atoms with Gasteiger partial charge in [0.1, 0.15) is 4.84 Å². The first-order valence-electron chi connectivity index (χ1n) is 6.75.